The van der Waals surface area contributed by atoms with Gasteiger partial charge in [0.05, 0.1) is 0 Å². The van der Waals surface area contributed by atoms with Crippen LogP contribution in [-0.2, 0) is 15.7 Å². The van der Waals surface area contributed by atoms with Gasteiger partial charge in [0.1, 0.15) is 6.04 Å². The van der Waals surface area contributed by atoms with Crippen LogP contribution in [0, 0.1) is 0 Å². The summed E-state index contributed by atoms with van der Waals surface area (Å²) in [5.41, 5.74) is 1.08. The first-order valence-corrected chi connectivity index (χ1v) is 7.87. The van der Waals surface area contributed by atoms with E-state index in [1.54, 1.807) is 0 Å². The van der Waals surface area contributed by atoms with Crippen molar-refractivity contribution in [3.63, 3.8) is 0 Å². The molecule has 0 bridgehead atoms. The lowest BCUT2D eigenvalue weighted by Gasteiger charge is -2.39. The fourth-order valence-electron chi connectivity index (χ4n) is 2.88. The van der Waals surface area contributed by atoms with E-state index < -0.39 is 23.0 Å². The van der Waals surface area contributed by atoms with Crippen LogP contribution in [-0.4, -0.2) is 17.1 Å². The topological polar surface area (TPSA) is 49.3 Å². The molecule has 2 rings (SSSR count). The number of aliphatic carboxylic acids is 1. The zero-order valence-electron chi connectivity index (χ0n) is 14.2. The minimum atomic E-state index is -0.845. The molecule has 0 aromatic heterocycles. The van der Waals surface area contributed by atoms with Gasteiger partial charge in [-0.25, -0.2) is 0 Å². The third-order valence-electron chi connectivity index (χ3n) is 4.49. The molecule has 0 radical (unpaired) electrons. The molecule has 0 fully saturated rings. The lowest BCUT2D eigenvalue weighted by molar-refractivity contribution is -0.142. The third-order valence-corrected chi connectivity index (χ3v) is 4.49. The Morgan fingerprint density at radius 2 is 1.30 bits per heavy atom. The summed E-state index contributed by atoms with van der Waals surface area (Å²) < 4.78 is 0. The molecule has 0 saturated carbocycles. The molecule has 0 aliphatic rings. The van der Waals surface area contributed by atoms with Crippen molar-refractivity contribution in [1.82, 2.24) is 5.32 Å². The van der Waals surface area contributed by atoms with Crippen LogP contribution >= 0.6 is 0 Å². The van der Waals surface area contributed by atoms with Crippen LogP contribution in [0.3, 0.4) is 0 Å². The fraction of sp³-hybridized carbons (Fsp3) is 0.350. The second kappa shape index (κ2) is 6.55. The number of rotatable bonds is 6. The van der Waals surface area contributed by atoms with E-state index in [1.165, 1.54) is 0 Å². The van der Waals surface area contributed by atoms with E-state index in [1.807, 2.05) is 88.4 Å². The van der Waals surface area contributed by atoms with Gasteiger partial charge in [0.15, 0.2) is 0 Å². The Balaban J connectivity index is 2.34. The number of carboxylic acid groups (broad SMARTS) is 1. The van der Waals surface area contributed by atoms with Crippen molar-refractivity contribution in [3.8, 4) is 0 Å². The highest BCUT2D eigenvalue weighted by atomic mass is 16.4. The average molecular weight is 311 g/mol. The summed E-state index contributed by atoms with van der Waals surface area (Å²) in [5.74, 6) is -0.845. The zero-order valence-corrected chi connectivity index (χ0v) is 14.2. The molecule has 0 saturated heterocycles. The second-order valence-corrected chi connectivity index (χ2v) is 6.99. The molecule has 0 aliphatic heterocycles. The molecule has 1 atom stereocenters. The van der Waals surface area contributed by atoms with Crippen molar-refractivity contribution >= 4 is 5.97 Å². The highest BCUT2D eigenvalue weighted by Crippen LogP contribution is 2.30. The number of benzene rings is 2. The van der Waals surface area contributed by atoms with E-state index >= 15 is 0 Å². The molecule has 0 amide bonds. The van der Waals surface area contributed by atoms with Crippen molar-refractivity contribution in [3.05, 3.63) is 71.8 Å². The van der Waals surface area contributed by atoms with Gasteiger partial charge in [-0.1, -0.05) is 74.5 Å². The first-order chi connectivity index (χ1) is 10.7. The van der Waals surface area contributed by atoms with Gasteiger partial charge in [0.25, 0.3) is 0 Å². The van der Waals surface area contributed by atoms with Crippen molar-refractivity contribution in [2.45, 2.75) is 44.7 Å². The summed E-state index contributed by atoms with van der Waals surface area (Å²) in [6.45, 7) is 7.96. The van der Waals surface area contributed by atoms with Crippen LogP contribution in [0.4, 0.5) is 0 Å². The van der Waals surface area contributed by atoms with E-state index in [9.17, 15) is 9.90 Å². The molecule has 122 valence electrons. The summed E-state index contributed by atoms with van der Waals surface area (Å²) in [5, 5.41) is 13.2. The molecule has 2 N–H and O–H groups in total. The molecule has 23 heavy (non-hydrogen) atoms. The van der Waals surface area contributed by atoms with E-state index in [-0.39, 0.29) is 0 Å². The number of hydrogen-bond donors (Lipinski definition) is 2. The standard InChI is InChI=1S/C20H25NO2/c1-19(2,15-11-7-5-8-12-15)17(18(22)23)21-20(3,4)16-13-9-6-10-14-16/h5-14,17,21H,1-4H3,(H,22,23)/t17-/m1/s1. The Morgan fingerprint density at radius 3 is 1.74 bits per heavy atom. The van der Waals surface area contributed by atoms with Crippen LogP contribution in [0.2, 0.25) is 0 Å². The first kappa shape index (κ1) is 17.2. The van der Waals surface area contributed by atoms with Gasteiger partial charge >= 0.3 is 5.97 Å². The number of carbonyl (C=O) groups is 1. The van der Waals surface area contributed by atoms with Crippen LogP contribution in [0.1, 0.15) is 38.8 Å². The Kier molecular flexibility index (Phi) is 4.90. The SMILES string of the molecule is CC(C)(N[C@H](C(=O)O)C(C)(C)c1ccccc1)c1ccccc1. The van der Waals surface area contributed by atoms with Gasteiger partial charge in [-0.05, 0) is 25.0 Å². The first-order valence-electron chi connectivity index (χ1n) is 7.87. The van der Waals surface area contributed by atoms with Gasteiger partial charge in [-0.2, -0.15) is 0 Å². The fourth-order valence-corrected chi connectivity index (χ4v) is 2.88. The highest BCUT2D eigenvalue weighted by molar-refractivity contribution is 5.76. The summed E-state index contributed by atoms with van der Waals surface area (Å²) in [7, 11) is 0. The number of nitrogens with one attached hydrogen (secondary N) is 1. The maximum absolute atomic E-state index is 12.0. The van der Waals surface area contributed by atoms with Gasteiger partial charge in [0, 0.05) is 11.0 Å². The molecule has 0 spiro atoms. The lowest BCUT2D eigenvalue weighted by Crippen LogP contribution is -2.56. The van der Waals surface area contributed by atoms with Gasteiger partial charge in [-0.15, -0.1) is 0 Å². The third kappa shape index (κ3) is 3.80. The van der Waals surface area contributed by atoms with Gasteiger partial charge < -0.3 is 5.11 Å². The zero-order chi connectivity index (χ0) is 17.1. The monoisotopic (exact) mass is 311 g/mol. The van der Waals surface area contributed by atoms with E-state index in [0.717, 1.165) is 11.1 Å². The summed E-state index contributed by atoms with van der Waals surface area (Å²) in [6.07, 6.45) is 0. The average Bonchev–Trinajstić information content (AvgIpc) is 2.54. The molecule has 0 heterocycles. The maximum Gasteiger partial charge on any atom is 0.321 e. The van der Waals surface area contributed by atoms with Crippen LogP contribution < -0.4 is 5.32 Å². The van der Waals surface area contributed by atoms with Gasteiger partial charge in [0.2, 0.25) is 0 Å². The number of carboxylic acids is 1. The summed E-state index contributed by atoms with van der Waals surface area (Å²) >= 11 is 0. The summed E-state index contributed by atoms with van der Waals surface area (Å²) in [4.78, 5) is 12.0. The predicted molar refractivity (Wildman–Crippen MR) is 93.5 cm³/mol. The molecule has 2 aromatic rings. The largest absolute Gasteiger partial charge is 0.480 e. The molecule has 3 nitrogen and oxygen atoms in total. The Hall–Kier alpha value is -2.13. The predicted octanol–water partition coefficient (Wildman–Crippen LogP) is 3.94. The highest BCUT2D eigenvalue weighted by Gasteiger charge is 2.40. The van der Waals surface area contributed by atoms with E-state index in [0.29, 0.717) is 0 Å². The van der Waals surface area contributed by atoms with Crippen LogP contribution in [0.5, 0.6) is 0 Å². The lowest BCUT2D eigenvalue weighted by atomic mass is 9.76. The van der Waals surface area contributed by atoms with E-state index in [2.05, 4.69) is 5.32 Å². The van der Waals surface area contributed by atoms with Crippen molar-refractivity contribution in [1.29, 1.82) is 0 Å². The molecule has 2 aromatic carbocycles. The van der Waals surface area contributed by atoms with Crippen molar-refractivity contribution in [2.24, 2.45) is 0 Å². The Bertz CT molecular complexity index is 648. The number of hydrogen-bond acceptors (Lipinski definition) is 2. The van der Waals surface area contributed by atoms with Crippen LogP contribution in [0.25, 0.3) is 0 Å². The van der Waals surface area contributed by atoms with Gasteiger partial charge in [-0.3, -0.25) is 10.1 Å². The molecule has 3 heteroatoms. The van der Waals surface area contributed by atoms with E-state index in [4.69, 9.17) is 0 Å². The second-order valence-electron chi connectivity index (χ2n) is 6.99. The Morgan fingerprint density at radius 1 is 0.870 bits per heavy atom. The molecule has 0 aliphatic carbocycles. The minimum Gasteiger partial charge on any atom is -0.480 e. The molecule has 0 unspecified atom stereocenters. The summed E-state index contributed by atoms with van der Waals surface area (Å²) in [6, 6.07) is 19.0. The molecular formula is C20H25NO2. The smallest absolute Gasteiger partial charge is 0.321 e. The maximum atomic E-state index is 12.0. The normalized spacial score (nSPS) is 13.6. The van der Waals surface area contributed by atoms with Crippen molar-refractivity contribution in [2.75, 3.05) is 0 Å². The van der Waals surface area contributed by atoms with Crippen LogP contribution in [0.15, 0.2) is 60.7 Å². The Labute approximate surface area is 138 Å². The molecular weight excluding hydrogens is 286 g/mol. The van der Waals surface area contributed by atoms with Crippen molar-refractivity contribution < 1.29 is 9.90 Å². The quantitative estimate of drug-likeness (QED) is 0.849. The minimum absolute atomic E-state index is 0.448.